The number of carboxylic acids is 1. The number of nitrogens with one attached hydrogen (secondary N) is 1. The summed E-state index contributed by atoms with van der Waals surface area (Å²) in [5.41, 5.74) is 0. The van der Waals surface area contributed by atoms with Gasteiger partial charge in [-0.25, -0.2) is 4.79 Å². The molecule has 0 saturated carbocycles. The van der Waals surface area contributed by atoms with Crippen molar-refractivity contribution in [1.82, 2.24) is 15.1 Å². The molecule has 1 heterocycles. The molecule has 0 bridgehead atoms. The summed E-state index contributed by atoms with van der Waals surface area (Å²) in [6.07, 6.45) is 2.57. The Balaban J connectivity index is 2.45. The van der Waals surface area contributed by atoms with Gasteiger partial charge in [-0.1, -0.05) is 0 Å². The van der Waals surface area contributed by atoms with Crippen molar-refractivity contribution in [3.63, 3.8) is 0 Å². The number of nitrogens with zero attached hydrogens (tertiary/aromatic N) is 2. The second-order valence-electron chi connectivity index (χ2n) is 5.48. The number of carboxylic acid groups (broad SMARTS) is 1. The minimum atomic E-state index is -0.799. The van der Waals surface area contributed by atoms with Gasteiger partial charge in [0, 0.05) is 33.1 Å². The van der Waals surface area contributed by atoms with E-state index in [1.54, 1.807) is 11.9 Å². The Bertz CT molecular complexity index is 386. The van der Waals surface area contributed by atoms with Crippen LogP contribution in [0.1, 0.15) is 32.6 Å². The molecule has 7 heteroatoms. The summed E-state index contributed by atoms with van der Waals surface area (Å²) < 4.78 is 0. The van der Waals surface area contributed by atoms with Crippen LogP contribution in [0.25, 0.3) is 0 Å². The average Bonchev–Trinajstić information content (AvgIpc) is 2.44. The van der Waals surface area contributed by atoms with E-state index < -0.39 is 5.97 Å². The van der Waals surface area contributed by atoms with Crippen molar-refractivity contribution in [2.75, 3.05) is 33.2 Å². The number of carbonyl (C=O) groups excluding carboxylic acids is 2. The molecule has 0 spiro atoms. The maximum atomic E-state index is 12.3. The molecular weight excluding hydrogens is 274 g/mol. The van der Waals surface area contributed by atoms with Gasteiger partial charge in [0.2, 0.25) is 5.91 Å². The summed E-state index contributed by atoms with van der Waals surface area (Å²) in [5.74, 6) is -0.740. The van der Waals surface area contributed by atoms with Crippen LogP contribution in [-0.2, 0) is 9.59 Å². The molecule has 2 N–H and O–H groups in total. The van der Waals surface area contributed by atoms with Crippen molar-refractivity contribution in [3.8, 4) is 0 Å². The minimum absolute atomic E-state index is 0.0446. The Morgan fingerprint density at radius 2 is 2.10 bits per heavy atom. The fourth-order valence-corrected chi connectivity index (χ4v) is 2.58. The number of aliphatic carboxylic acids is 1. The lowest BCUT2D eigenvalue weighted by molar-refractivity contribution is -0.137. The number of carbonyl (C=O) groups is 3. The molecule has 1 aliphatic heterocycles. The Morgan fingerprint density at radius 1 is 1.38 bits per heavy atom. The normalized spacial score (nSPS) is 18.2. The maximum absolute atomic E-state index is 12.3. The van der Waals surface area contributed by atoms with E-state index in [1.165, 1.54) is 4.90 Å². The van der Waals surface area contributed by atoms with Gasteiger partial charge in [-0.2, -0.15) is 0 Å². The number of amides is 3. The predicted octanol–water partition coefficient (Wildman–Crippen LogP) is 0.751. The van der Waals surface area contributed by atoms with Crippen molar-refractivity contribution >= 4 is 17.9 Å². The number of rotatable bonds is 6. The largest absolute Gasteiger partial charge is 0.481 e. The minimum Gasteiger partial charge on any atom is -0.481 e. The summed E-state index contributed by atoms with van der Waals surface area (Å²) >= 11 is 0. The molecular formula is C14H25N3O4. The van der Waals surface area contributed by atoms with Gasteiger partial charge in [0.25, 0.3) is 0 Å². The van der Waals surface area contributed by atoms with Gasteiger partial charge in [0.1, 0.15) is 6.54 Å². The first kappa shape index (κ1) is 17.3. The van der Waals surface area contributed by atoms with Crippen LogP contribution in [0, 0.1) is 5.92 Å². The molecule has 1 fully saturated rings. The molecule has 1 atom stereocenters. The summed E-state index contributed by atoms with van der Waals surface area (Å²) in [6, 6.07) is -0.165. The van der Waals surface area contributed by atoms with E-state index in [0.29, 0.717) is 26.1 Å². The molecule has 3 amide bonds. The van der Waals surface area contributed by atoms with Crippen LogP contribution in [0.5, 0.6) is 0 Å². The first-order chi connectivity index (χ1) is 9.93. The summed E-state index contributed by atoms with van der Waals surface area (Å²) in [6.45, 7) is 3.66. The zero-order chi connectivity index (χ0) is 15.8. The van der Waals surface area contributed by atoms with Gasteiger partial charge in [-0.3, -0.25) is 9.59 Å². The maximum Gasteiger partial charge on any atom is 0.320 e. The second-order valence-corrected chi connectivity index (χ2v) is 5.48. The van der Waals surface area contributed by atoms with E-state index in [2.05, 4.69) is 5.32 Å². The molecule has 7 nitrogen and oxygen atoms in total. The molecule has 1 saturated heterocycles. The Kier molecular flexibility index (Phi) is 6.98. The Labute approximate surface area is 125 Å². The van der Waals surface area contributed by atoms with Crippen molar-refractivity contribution in [2.45, 2.75) is 32.6 Å². The first-order valence-electron chi connectivity index (χ1n) is 7.42. The molecule has 0 aromatic carbocycles. The van der Waals surface area contributed by atoms with Gasteiger partial charge in [-0.05, 0) is 32.1 Å². The molecule has 21 heavy (non-hydrogen) atoms. The summed E-state index contributed by atoms with van der Waals surface area (Å²) in [4.78, 5) is 37.5. The molecule has 1 unspecified atom stereocenters. The van der Waals surface area contributed by atoms with Crippen LogP contribution in [-0.4, -0.2) is 66.0 Å². The first-order valence-corrected chi connectivity index (χ1v) is 7.42. The molecule has 1 aliphatic rings. The fraction of sp³-hybridized carbons (Fsp3) is 0.786. The second kappa shape index (κ2) is 8.49. The SMILES string of the molecule is CCNC(=O)CN(C)C(=O)N1CCCC(CCC(=O)O)C1. The van der Waals surface area contributed by atoms with E-state index in [9.17, 15) is 14.4 Å². The highest BCUT2D eigenvalue weighted by molar-refractivity contribution is 5.83. The van der Waals surface area contributed by atoms with Crippen molar-refractivity contribution < 1.29 is 19.5 Å². The molecule has 0 aliphatic carbocycles. The average molecular weight is 299 g/mol. The predicted molar refractivity (Wildman–Crippen MR) is 77.9 cm³/mol. The van der Waals surface area contributed by atoms with Crippen LogP contribution in [0.15, 0.2) is 0 Å². The molecule has 120 valence electrons. The molecule has 0 aromatic heterocycles. The smallest absolute Gasteiger partial charge is 0.320 e. The highest BCUT2D eigenvalue weighted by Gasteiger charge is 2.26. The van der Waals surface area contributed by atoms with Gasteiger partial charge in [0.15, 0.2) is 0 Å². The van der Waals surface area contributed by atoms with E-state index in [-0.39, 0.29) is 30.8 Å². The lowest BCUT2D eigenvalue weighted by Crippen LogP contribution is -2.48. The third-order valence-electron chi connectivity index (χ3n) is 3.64. The number of likely N-dealkylation sites (tertiary alicyclic amines) is 1. The zero-order valence-corrected chi connectivity index (χ0v) is 12.8. The van der Waals surface area contributed by atoms with Crippen molar-refractivity contribution in [1.29, 1.82) is 0 Å². The van der Waals surface area contributed by atoms with Crippen LogP contribution in [0.3, 0.4) is 0 Å². The number of hydrogen-bond donors (Lipinski definition) is 2. The van der Waals surface area contributed by atoms with E-state index in [1.807, 2.05) is 6.92 Å². The number of hydrogen-bond acceptors (Lipinski definition) is 3. The number of piperidine rings is 1. The standard InChI is InChI=1S/C14H25N3O4/c1-3-15-12(18)10-16(2)14(21)17-8-4-5-11(9-17)6-7-13(19)20/h11H,3-10H2,1-2H3,(H,15,18)(H,19,20). The highest BCUT2D eigenvalue weighted by Crippen LogP contribution is 2.21. The third kappa shape index (κ3) is 6.01. The van der Waals surface area contributed by atoms with Crippen LogP contribution in [0.4, 0.5) is 4.79 Å². The lowest BCUT2D eigenvalue weighted by Gasteiger charge is -2.35. The van der Waals surface area contributed by atoms with Gasteiger partial charge in [0.05, 0.1) is 0 Å². The van der Waals surface area contributed by atoms with E-state index in [0.717, 1.165) is 12.8 Å². The van der Waals surface area contributed by atoms with E-state index >= 15 is 0 Å². The van der Waals surface area contributed by atoms with Crippen molar-refractivity contribution in [2.24, 2.45) is 5.92 Å². The number of likely N-dealkylation sites (N-methyl/N-ethyl adjacent to an activating group) is 2. The number of urea groups is 1. The van der Waals surface area contributed by atoms with Crippen LogP contribution in [0.2, 0.25) is 0 Å². The van der Waals surface area contributed by atoms with Crippen LogP contribution < -0.4 is 5.32 Å². The van der Waals surface area contributed by atoms with Gasteiger partial charge >= 0.3 is 12.0 Å². The lowest BCUT2D eigenvalue weighted by atomic mass is 9.93. The summed E-state index contributed by atoms with van der Waals surface area (Å²) in [5, 5.41) is 11.4. The Hall–Kier alpha value is -1.79. The third-order valence-corrected chi connectivity index (χ3v) is 3.64. The monoisotopic (exact) mass is 299 g/mol. The van der Waals surface area contributed by atoms with Gasteiger partial charge in [-0.15, -0.1) is 0 Å². The Morgan fingerprint density at radius 3 is 2.71 bits per heavy atom. The fourth-order valence-electron chi connectivity index (χ4n) is 2.58. The van der Waals surface area contributed by atoms with Crippen LogP contribution >= 0.6 is 0 Å². The van der Waals surface area contributed by atoms with Crippen molar-refractivity contribution in [3.05, 3.63) is 0 Å². The zero-order valence-electron chi connectivity index (χ0n) is 12.8. The molecule has 0 radical (unpaired) electrons. The van der Waals surface area contributed by atoms with Gasteiger partial charge < -0.3 is 20.2 Å². The highest BCUT2D eigenvalue weighted by atomic mass is 16.4. The summed E-state index contributed by atoms with van der Waals surface area (Å²) in [7, 11) is 1.61. The molecule has 0 aromatic rings. The topological polar surface area (TPSA) is 90.0 Å². The molecule has 1 rings (SSSR count). The van der Waals surface area contributed by atoms with E-state index in [4.69, 9.17) is 5.11 Å². The quantitative estimate of drug-likeness (QED) is 0.757.